The van der Waals surface area contributed by atoms with Gasteiger partial charge in [-0.3, -0.25) is 4.79 Å². The highest BCUT2D eigenvalue weighted by molar-refractivity contribution is 8.13. The van der Waals surface area contributed by atoms with Crippen molar-refractivity contribution in [3.63, 3.8) is 0 Å². The Hall–Kier alpha value is -1.14. The van der Waals surface area contributed by atoms with Gasteiger partial charge in [-0.25, -0.2) is 12.8 Å². The van der Waals surface area contributed by atoms with Crippen LogP contribution in [0.15, 0.2) is 23.1 Å². The fourth-order valence-corrected chi connectivity index (χ4v) is 3.02. The van der Waals surface area contributed by atoms with Crippen LogP contribution in [0.5, 0.6) is 0 Å². The van der Waals surface area contributed by atoms with Gasteiger partial charge in [0.15, 0.2) is 0 Å². The lowest BCUT2D eigenvalue weighted by Crippen LogP contribution is -2.33. The Labute approximate surface area is 115 Å². The molecule has 1 aliphatic rings. The maximum atomic E-state index is 13.4. The highest BCUT2D eigenvalue weighted by Gasteiger charge is 2.27. The zero-order valence-corrected chi connectivity index (χ0v) is 11.8. The Morgan fingerprint density at radius 3 is 2.63 bits per heavy atom. The van der Waals surface area contributed by atoms with Crippen LogP contribution in [0.4, 0.5) is 4.39 Å². The molecule has 1 fully saturated rings. The Balaban J connectivity index is 2.40. The van der Waals surface area contributed by atoms with Crippen molar-refractivity contribution in [2.24, 2.45) is 0 Å². The SMILES string of the molecule is CC1CCCN1C(=O)c1cc(F)cc(S(=O)(=O)Cl)c1. The largest absolute Gasteiger partial charge is 0.336 e. The van der Waals surface area contributed by atoms with E-state index in [2.05, 4.69) is 0 Å². The van der Waals surface area contributed by atoms with Gasteiger partial charge in [0.25, 0.3) is 15.0 Å². The second-order valence-corrected chi connectivity index (χ2v) is 7.17. The first-order valence-corrected chi connectivity index (χ1v) is 8.16. The number of amides is 1. The molecule has 1 heterocycles. The fraction of sp³-hybridized carbons (Fsp3) is 0.417. The summed E-state index contributed by atoms with van der Waals surface area (Å²) >= 11 is 0. The molecule has 2 rings (SSSR count). The topological polar surface area (TPSA) is 54.5 Å². The van der Waals surface area contributed by atoms with E-state index in [9.17, 15) is 17.6 Å². The van der Waals surface area contributed by atoms with E-state index in [0.29, 0.717) is 6.54 Å². The van der Waals surface area contributed by atoms with Crippen molar-refractivity contribution in [2.45, 2.75) is 30.7 Å². The standard InChI is InChI=1S/C12H13ClFNO3S/c1-8-3-2-4-15(8)12(16)9-5-10(14)7-11(6-9)19(13,17)18/h5-8H,2-4H2,1H3. The van der Waals surface area contributed by atoms with E-state index in [1.165, 1.54) is 0 Å². The molecular formula is C12H13ClFNO3S. The quantitative estimate of drug-likeness (QED) is 0.788. The molecule has 104 valence electrons. The molecule has 1 saturated heterocycles. The molecule has 0 aliphatic carbocycles. The molecule has 19 heavy (non-hydrogen) atoms. The second-order valence-electron chi connectivity index (χ2n) is 4.60. The molecule has 4 nitrogen and oxygen atoms in total. The lowest BCUT2D eigenvalue weighted by molar-refractivity contribution is 0.0746. The molecule has 1 amide bonds. The van der Waals surface area contributed by atoms with E-state index in [-0.39, 0.29) is 17.5 Å². The van der Waals surface area contributed by atoms with Gasteiger partial charge in [0.05, 0.1) is 4.90 Å². The molecular weight excluding hydrogens is 293 g/mol. The number of hydrogen-bond acceptors (Lipinski definition) is 3. The van der Waals surface area contributed by atoms with E-state index in [1.54, 1.807) is 4.90 Å². The van der Waals surface area contributed by atoms with Crippen LogP contribution in [0.25, 0.3) is 0 Å². The smallest absolute Gasteiger partial charge is 0.261 e. The average Bonchev–Trinajstić information content (AvgIpc) is 2.72. The minimum absolute atomic E-state index is 0.00738. The number of rotatable bonds is 2. The number of carbonyl (C=O) groups excluding carboxylic acids is 1. The third-order valence-electron chi connectivity index (χ3n) is 3.21. The first-order valence-electron chi connectivity index (χ1n) is 5.85. The van der Waals surface area contributed by atoms with Gasteiger partial charge in [0.1, 0.15) is 5.82 Å². The van der Waals surface area contributed by atoms with Gasteiger partial charge in [-0.1, -0.05) is 0 Å². The second kappa shape index (κ2) is 5.09. The van der Waals surface area contributed by atoms with Crippen molar-refractivity contribution in [1.29, 1.82) is 0 Å². The Kier molecular flexibility index (Phi) is 3.82. The molecule has 1 aromatic carbocycles. The van der Waals surface area contributed by atoms with Gasteiger partial charge in [0.2, 0.25) is 0 Å². The van der Waals surface area contributed by atoms with Crippen molar-refractivity contribution in [3.8, 4) is 0 Å². The fourth-order valence-electron chi connectivity index (χ4n) is 2.23. The maximum Gasteiger partial charge on any atom is 0.261 e. The van der Waals surface area contributed by atoms with Crippen LogP contribution in [0.1, 0.15) is 30.1 Å². The maximum absolute atomic E-state index is 13.4. The van der Waals surface area contributed by atoms with Crippen molar-refractivity contribution < 1.29 is 17.6 Å². The molecule has 0 bridgehead atoms. The summed E-state index contributed by atoms with van der Waals surface area (Å²) in [4.78, 5) is 13.4. The van der Waals surface area contributed by atoms with E-state index < -0.39 is 19.8 Å². The predicted octanol–water partition coefficient (Wildman–Crippen LogP) is 2.38. The number of hydrogen-bond donors (Lipinski definition) is 0. The zero-order valence-electron chi connectivity index (χ0n) is 10.3. The van der Waals surface area contributed by atoms with Crippen LogP contribution >= 0.6 is 10.7 Å². The Morgan fingerprint density at radius 1 is 1.42 bits per heavy atom. The molecule has 0 spiro atoms. The highest BCUT2D eigenvalue weighted by atomic mass is 35.7. The normalized spacial score (nSPS) is 19.7. The summed E-state index contributed by atoms with van der Waals surface area (Å²) in [6.07, 6.45) is 1.78. The summed E-state index contributed by atoms with van der Waals surface area (Å²) in [5.74, 6) is -1.16. The average molecular weight is 306 g/mol. The van der Waals surface area contributed by atoms with Gasteiger partial charge in [-0.05, 0) is 38.0 Å². The zero-order chi connectivity index (χ0) is 14.2. The Morgan fingerprint density at radius 2 is 2.11 bits per heavy atom. The van der Waals surface area contributed by atoms with Crippen LogP contribution in [0.2, 0.25) is 0 Å². The number of benzene rings is 1. The number of halogens is 2. The van der Waals surface area contributed by atoms with Crippen LogP contribution in [-0.4, -0.2) is 31.8 Å². The van der Waals surface area contributed by atoms with Crippen LogP contribution in [0, 0.1) is 5.82 Å². The van der Waals surface area contributed by atoms with Gasteiger partial charge < -0.3 is 4.90 Å². The summed E-state index contributed by atoms with van der Waals surface area (Å²) in [5, 5.41) is 0. The molecule has 1 aromatic rings. The van der Waals surface area contributed by atoms with Crippen LogP contribution < -0.4 is 0 Å². The molecule has 1 aliphatic heterocycles. The third-order valence-corrected chi connectivity index (χ3v) is 4.55. The van der Waals surface area contributed by atoms with E-state index in [4.69, 9.17) is 10.7 Å². The summed E-state index contributed by atoms with van der Waals surface area (Å²) in [6, 6.07) is 3.01. The van der Waals surface area contributed by atoms with Crippen molar-refractivity contribution in [2.75, 3.05) is 6.54 Å². The first kappa shape index (κ1) is 14.3. The molecule has 7 heteroatoms. The molecule has 0 aromatic heterocycles. The third kappa shape index (κ3) is 3.06. The van der Waals surface area contributed by atoms with Crippen molar-refractivity contribution >= 4 is 25.6 Å². The minimum atomic E-state index is -4.06. The molecule has 0 saturated carbocycles. The molecule has 0 radical (unpaired) electrons. The lowest BCUT2D eigenvalue weighted by atomic mass is 10.2. The summed E-state index contributed by atoms with van der Waals surface area (Å²) in [7, 11) is 1.12. The lowest BCUT2D eigenvalue weighted by Gasteiger charge is -2.21. The first-order chi connectivity index (χ1) is 8.79. The number of carbonyl (C=O) groups is 1. The van der Waals surface area contributed by atoms with Gasteiger partial charge in [-0.2, -0.15) is 0 Å². The van der Waals surface area contributed by atoms with Crippen LogP contribution in [-0.2, 0) is 9.05 Å². The van der Waals surface area contributed by atoms with Gasteiger partial charge in [-0.15, -0.1) is 0 Å². The molecule has 1 unspecified atom stereocenters. The van der Waals surface area contributed by atoms with Gasteiger partial charge in [0, 0.05) is 28.8 Å². The van der Waals surface area contributed by atoms with E-state index >= 15 is 0 Å². The monoisotopic (exact) mass is 305 g/mol. The number of likely N-dealkylation sites (tertiary alicyclic amines) is 1. The summed E-state index contributed by atoms with van der Waals surface area (Å²) in [6.45, 7) is 2.50. The number of nitrogens with zero attached hydrogens (tertiary/aromatic N) is 1. The van der Waals surface area contributed by atoms with Crippen molar-refractivity contribution in [3.05, 3.63) is 29.6 Å². The Bertz CT molecular complexity index is 617. The molecule has 1 atom stereocenters. The predicted molar refractivity (Wildman–Crippen MR) is 69.2 cm³/mol. The van der Waals surface area contributed by atoms with Gasteiger partial charge >= 0.3 is 0 Å². The van der Waals surface area contributed by atoms with Crippen molar-refractivity contribution in [1.82, 2.24) is 4.90 Å². The molecule has 0 N–H and O–H groups in total. The van der Waals surface area contributed by atoms with Crippen LogP contribution in [0.3, 0.4) is 0 Å². The summed E-state index contributed by atoms with van der Waals surface area (Å²) in [5.41, 5.74) is 0.00738. The van der Waals surface area contributed by atoms with E-state index in [0.717, 1.165) is 31.0 Å². The minimum Gasteiger partial charge on any atom is -0.336 e. The highest BCUT2D eigenvalue weighted by Crippen LogP contribution is 2.23. The summed E-state index contributed by atoms with van der Waals surface area (Å²) < 4.78 is 35.8. The van der Waals surface area contributed by atoms with E-state index in [1.807, 2.05) is 6.92 Å².